The molecule has 0 spiro atoms. The van der Waals surface area contributed by atoms with Crippen molar-refractivity contribution >= 4 is 29.1 Å². The van der Waals surface area contributed by atoms with Crippen LogP contribution in [0.1, 0.15) is 48.0 Å². The normalized spacial score (nSPS) is 14.8. The first-order valence-electron chi connectivity index (χ1n) is 11.7. The Morgan fingerprint density at radius 3 is 2.44 bits per heavy atom. The lowest BCUT2D eigenvalue weighted by Crippen LogP contribution is -2.58. The number of nitrogens with zero attached hydrogens (tertiary/aromatic N) is 4. The van der Waals surface area contributed by atoms with Crippen molar-refractivity contribution in [3.8, 4) is 28.5 Å². The highest BCUT2D eigenvalue weighted by molar-refractivity contribution is 6.30. The minimum absolute atomic E-state index is 0.233. The fourth-order valence-electron chi connectivity index (χ4n) is 4.86. The van der Waals surface area contributed by atoms with Gasteiger partial charge in [-0.15, -0.1) is 0 Å². The molecule has 36 heavy (non-hydrogen) atoms. The fraction of sp³-hybridized carbons (Fsp3) is 0.222. The van der Waals surface area contributed by atoms with Gasteiger partial charge in [0.2, 0.25) is 5.91 Å². The molecule has 3 N–H and O–H groups in total. The van der Waals surface area contributed by atoms with Crippen molar-refractivity contribution in [1.29, 1.82) is 5.26 Å². The molecule has 2 aromatic carbocycles. The number of carbonyl (C=O) groups is 2. The lowest BCUT2D eigenvalue weighted by molar-refractivity contribution is -0.125. The number of primary amides is 1. The number of halogens is 1. The van der Waals surface area contributed by atoms with Crippen molar-refractivity contribution in [3.05, 3.63) is 77.1 Å². The highest BCUT2D eigenvalue weighted by atomic mass is 35.5. The molecule has 1 aliphatic carbocycles. The summed E-state index contributed by atoms with van der Waals surface area (Å²) in [5, 5.41) is 17.7. The Labute approximate surface area is 212 Å². The van der Waals surface area contributed by atoms with Crippen LogP contribution >= 0.6 is 11.6 Å². The minimum Gasteiger partial charge on any atom is -0.368 e. The van der Waals surface area contributed by atoms with Crippen LogP contribution in [-0.4, -0.2) is 32.0 Å². The number of nitriles is 1. The summed E-state index contributed by atoms with van der Waals surface area (Å²) in [6.45, 7) is 0. The van der Waals surface area contributed by atoms with Crippen LogP contribution in [0.25, 0.3) is 28.0 Å². The summed E-state index contributed by atoms with van der Waals surface area (Å²) in [5.41, 5.74) is 8.49. The molecular weight excluding hydrogens is 476 g/mol. The monoisotopic (exact) mass is 498 g/mol. The van der Waals surface area contributed by atoms with Crippen molar-refractivity contribution in [2.24, 2.45) is 5.73 Å². The number of nitrogens with one attached hydrogen (secondary N) is 1. The predicted molar refractivity (Wildman–Crippen MR) is 136 cm³/mol. The van der Waals surface area contributed by atoms with Crippen LogP contribution in [0.2, 0.25) is 5.02 Å². The average Bonchev–Trinajstić information content (AvgIpc) is 3.33. The number of benzene rings is 2. The molecule has 8 nitrogen and oxygen atoms in total. The molecular formula is C27H23ClN6O2. The minimum atomic E-state index is -1.08. The summed E-state index contributed by atoms with van der Waals surface area (Å²) < 4.78 is 1.58. The molecule has 4 aromatic rings. The first-order chi connectivity index (χ1) is 17.4. The number of rotatable bonds is 5. The van der Waals surface area contributed by atoms with Crippen LogP contribution in [-0.2, 0) is 4.79 Å². The smallest absolute Gasteiger partial charge is 0.257 e. The molecule has 1 aliphatic rings. The second-order valence-corrected chi connectivity index (χ2v) is 9.38. The highest BCUT2D eigenvalue weighted by Gasteiger charge is 2.40. The fourth-order valence-corrected chi connectivity index (χ4v) is 4.99. The summed E-state index contributed by atoms with van der Waals surface area (Å²) >= 11 is 6.13. The number of aromatic nitrogens is 3. The summed E-state index contributed by atoms with van der Waals surface area (Å²) in [6.07, 6.45) is 6.72. The molecule has 180 valence electrons. The summed E-state index contributed by atoms with van der Waals surface area (Å²) in [5.74, 6) is -0.984. The maximum atomic E-state index is 13.4. The zero-order valence-corrected chi connectivity index (χ0v) is 20.1. The number of hydrogen-bond acceptors (Lipinski definition) is 5. The van der Waals surface area contributed by atoms with Crippen molar-refractivity contribution in [1.82, 2.24) is 19.9 Å². The number of fused-ring (bicyclic) bond motifs is 1. The predicted octanol–water partition coefficient (Wildman–Crippen LogP) is 4.51. The molecule has 1 fully saturated rings. The van der Waals surface area contributed by atoms with Gasteiger partial charge in [0.05, 0.1) is 23.5 Å². The zero-order chi connectivity index (χ0) is 25.3. The lowest BCUT2D eigenvalue weighted by atomic mass is 9.81. The molecule has 0 atom stereocenters. The van der Waals surface area contributed by atoms with Crippen LogP contribution in [0.4, 0.5) is 0 Å². The van der Waals surface area contributed by atoms with Gasteiger partial charge in [-0.2, -0.15) is 10.4 Å². The standard InChI is InChI=1S/C27H23ClN6O2/c28-19-10-8-17(9-11-19)23-21(20-7-3-2-6-18(20)14-29)15-31-24-22(16-32-34(23)24)25(35)33-27(26(30)36)12-4-1-5-13-27/h2-3,6-11,15-16H,1,4-5,12-13H2,(H2,30,36)(H,33,35). The third kappa shape index (κ3) is 4.08. The number of nitrogens with two attached hydrogens (primary N) is 1. The van der Waals surface area contributed by atoms with E-state index in [0.717, 1.165) is 24.8 Å². The zero-order valence-electron chi connectivity index (χ0n) is 19.4. The van der Waals surface area contributed by atoms with E-state index in [-0.39, 0.29) is 5.56 Å². The van der Waals surface area contributed by atoms with Crippen molar-refractivity contribution in [2.75, 3.05) is 0 Å². The maximum Gasteiger partial charge on any atom is 0.257 e. The van der Waals surface area contributed by atoms with Gasteiger partial charge in [0.1, 0.15) is 11.1 Å². The highest BCUT2D eigenvalue weighted by Crippen LogP contribution is 2.35. The molecule has 2 aromatic heterocycles. The van der Waals surface area contributed by atoms with Gasteiger partial charge >= 0.3 is 0 Å². The van der Waals surface area contributed by atoms with Gasteiger partial charge in [-0.25, -0.2) is 9.50 Å². The van der Waals surface area contributed by atoms with Crippen LogP contribution in [0.15, 0.2) is 60.9 Å². The lowest BCUT2D eigenvalue weighted by Gasteiger charge is -2.34. The van der Waals surface area contributed by atoms with Gasteiger partial charge in [0, 0.05) is 27.9 Å². The number of hydrogen-bond donors (Lipinski definition) is 2. The molecule has 5 rings (SSSR count). The SMILES string of the molecule is N#Cc1ccccc1-c1cnc2c(C(=O)NC3(C(N)=O)CCCCC3)cnn2c1-c1ccc(Cl)cc1. The topological polar surface area (TPSA) is 126 Å². The van der Waals surface area contributed by atoms with Crippen LogP contribution in [0.5, 0.6) is 0 Å². The molecule has 0 bridgehead atoms. The van der Waals surface area contributed by atoms with Crippen LogP contribution in [0, 0.1) is 11.3 Å². The van der Waals surface area contributed by atoms with E-state index in [0.29, 0.717) is 45.9 Å². The maximum absolute atomic E-state index is 13.4. The molecule has 2 heterocycles. The van der Waals surface area contributed by atoms with Gasteiger partial charge in [-0.1, -0.05) is 61.2 Å². The van der Waals surface area contributed by atoms with Gasteiger partial charge in [-0.05, 0) is 31.0 Å². The van der Waals surface area contributed by atoms with Crippen molar-refractivity contribution in [3.63, 3.8) is 0 Å². The third-order valence-electron chi connectivity index (χ3n) is 6.76. The van der Waals surface area contributed by atoms with E-state index in [1.165, 1.54) is 6.20 Å². The quantitative estimate of drug-likeness (QED) is 0.418. The Hall–Kier alpha value is -4.22. The van der Waals surface area contributed by atoms with E-state index >= 15 is 0 Å². The summed E-state index contributed by atoms with van der Waals surface area (Å²) in [4.78, 5) is 30.2. The molecule has 1 saturated carbocycles. The van der Waals surface area contributed by atoms with Crippen LogP contribution in [0.3, 0.4) is 0 Å². The van der Waals surface area contributed by atoms with Gasteiger partial charge < -0.3 is 11.1 Å². The summed E-state index contributed by atoms with van der Waals surface area (Å²) in [7, 11) is 0. The van der Waals surface area contributed by atoms with Gasteiger partial charge in [-0.3, -0.25) is 9.59 Å². The van der Waals surface area contributed by atoms with Gasteiger partial charge in [0.25, 0.3) is 5.91 Å². The Kier molecular flexibility index (Phi) is 6.17. The average molecular weight is 499 g/mol. The van der Waals surface area contributed by atoms with E-state index in [1.54, 1.807) is 35.0 Å². The second-order valence-electron chi connectivity index (χ2n) is 8.94. The Bertz CT molecular complexity index is 1510. The molecule has 0 unspecified atom stereocenters. The largest absolute Gasteiger partial charge is 0.368 e. The van der Waals surface area contributed by atoms with E-state index in [9.17, 15) is 14.9 Å². The van der Waals surface area contributed by atoms with E-state index < -0.39 is 17.4 Å². The molecule has 0 aliphatic heterocycles. The molecule has 0 radical (unpaired) electrons. The number of carbonyl (C=O) groups excluding carboxylic acids is 2. The Morgan fingerprint density at radius 1 is 1.03 bits per heavy atom. The van der Waals surface area contributed by atoms with Crippen LogP contribution < -0.4 is 11.1 Å². The van der Waals surface area contributed by atoms with E-state index in [2.05, 4.69) is 21.5 Å². The van der Waals surface area contributed by atoms with Crippen molar-refractivity contribution < 1.29 is 9.59 Å². The Morgan fingerprint density at radius 2 is 1.75 bits per heavy atom. The van der Waals surface area contributed by atoms with E-state index in [1.807, 2.05) is 24.3 Å². The molecule has 0 saturated heterocycles. The number of amides is 2. The summed E-state index contributed by atoms with van der Waals surface area (Å²) in [6, 6.07) is 16.7. The molecule has 2 amide bonds. The first kappa shape index (κ1) is 23.5. The third-order valence-corrected chi connectivity index (χ3v) is 7.01. The van der Waals surface area contributed by atoms with Crippen molar-refractivity contribution in [2.45, 2.75) is 37.6 Å². The second kappa shape index (κ2) is 9.44. The Balaban J connectivity index is 1.66. The first-order valence-corrected chi connectivity index (χ1v) is 12.1. The van der Waals surface area contributed by atoms with Gasteiger partial charge in [0.15, 0.2) is 5.65 Å². The molecule has 9 heteroatoms. The van der Waals surface area contributed by atoms with E-state index in [4.69, 9.17) is 17.3 Å².